The van der Waals surface area contributed by atoms with E-state index in [1.165, 1.54) is 0 Å². The predicted octanol–water partition coefficient (Wildman–Crippen LogP) is 0.819. The fourth-order valence-electron chi connectivity index (χ4n) is 1.08. The third kappa shape index (κ3) is 4.58. The maximum atomic E-state index is 11.6. The molecule has 0 atom stereocenters. The monoisotopic (exact) mass is 250 g/mol. The van der Waals surface area contributed by atoms with Crippen LogP contribution in [0.4, 0.5) is 0 Å². The molecular weight excluding hydrogens is 240 g/mol. The normalized spacial score (nSPS) is 9.18. The average molecular weight is 251 g/mol. The van der Waals surface area contributed by atoms with Crippen molar-refractivity contribution in [3.05, 3.63) is 34.9 Å². The van der Waals surface area contributed by atoms with Gasteiger partial charge in [-0.05, 0) is 24.3 Å². The summed E-state index contributed by atoms with van der Waals surface area (Å²) in [5.41, 5.74) is 0.444. The molecular formula is C12H11ClN2O2. The molecule has 1 rings (SSSR count). The Morgan fingerprint density at radius 3 is 2.47 bits per heavy atom. The van der Waals surface area contributed by atoms with Gasteiger partial charge < -0.3 is 10.6 Å². The smallest absolute Gasteiger partial charge is 0.251 e. The fraction of sp³-hybridized carbons (Fsp3) is 0.167. The number of carbonyl (C=O) groups is 2. The Bertz CT molecular complexity index is 449. The number of rotatable bonds is 4. The van der Waals surface area contributed by atoms with Crippen LogP contribution in [0, 0.1) is 12.3 Å². The van der Waals surface area contributed by atoms with Crippen molar-refractivity contribution in [3.63, 3.8) is 0 Å². The third-order valence-corrected chi connectivity index (χ3v) is 2.16. The van der Waals surface area contributed by atoms with Crippen LogP contribution >= 0.6 is 11.6 Å². The van der Waals surface area contributed by atoms with Gasteiger partial charge in [-0.25, -0.2) is 0 Å². The number of terminal acetylenes is 1. The molecule has 2 N–H and O–H groups in total. The van der Waals surface area contributed by atoms with Gasteiger partial charge in [0.05, 0.1) is 13.1 Å². The molecule has 0 aliphatic heterocycles. The highest BCUT2D eigenvalue weighted by Crippen LogP contribution is 2.08. The van der Waals surface area contributed by atoms with Gasteiger partial charge in [0.25, 0.3) is 5.91 Å². The van der Waals surface area contributed by atoms with Crippen LogP contribution in [0.5, 0.6) is 0 Å². The first-order valence-corrected chi connectivity index (χ1v) is 5.25. The average Bonchev–Trinajstić information content (AvgIpc) is 2.34. The predicted molar refractivity (Wildman–Crippen MR) is 65.6 cm³/mol. The lowest BCUT2D eigenvalue weighted by molar-refractivity contribution is -0.119. The standard InChI is InChI=1S/C12H11ClN2O2/c1-2-7-14-11(16)8-15-12(17)9-3-5-10(13)6-4-9/h1,3-6H,7-8H2,(H,14,16)(H,15,17). The van der Waals surface area contributed by atoms with Crippen molar-refractivity contribution >= 4 is 23.4 Å². The summed E-state index contributed by atoms with van der Waals surface area (Å²) < 4.78 is 0. The van der Waals surface area contributed by atoms with Gasteiger partial charge in [0.2, 0.25) is 5.91 Å². The molecule has 0 fully saturated rings. The summed E-state index contributed by atoms with van der Waals surface area (Å²) in [6.45, 7) is 0.0405. The molecule has 5 heteroatoms. The lowest BCUT2D eigenvalue weighted by atomic mass is 10.2. The van der Waals surface area contributed by atoms with Crippen LogP contribution < -0.4 is 10.6 Å². The summed E-state index contributed by atoms with van der Waals surface area (Å²) in [5, 5.41) is 5.45. The van der Waals surface area contributed by atoms with Gasteiger partial charge in [0, 0.05) is 10.6 Å². The minimum atomic E-state index is -0.336. The number of hydrogen-bond acceptors (Lipinski definition) is 2. The second-order valence-corrected chi connectivity index (χ2v) is 3.61. The zero-order valence-electron chi connectivity index (χ0n) is 9.00. The van der Waals surface area contributed by atoms with Gasteiger partial charge in [-0.3, -0.25) is 9.59 Å². The van der Waals surface area contributed by atoms with E-state index in [1.807, 2.05) is 0 Å². The molecule has 0 aromatic heterocycles. The molecule has 1 aromatic rings. The van der Waals surface area contributed by atoms with Gasteiger partial charge in [0.15, 0.2) is 0 Å². The summed E-state index contributed by atoms with van der Waals surface area (Å²) >= 11 is 5.69. The number of benzene rings is 1. The minimum Gasteiger partial charge on any atom is -0.344 e. The summed E-state index contributed by atoms with van der Waals surface area (Å²) in [6, 6.07) is 6.37. The maximum absolute atomic E-state index is 11.6. The zero-order valence-corrected chi connectivity index (χ0v) is 9.75. The van der Waals surface area contributed by atoms with Crippen LogP contribution in [0.1, 0.15) is 10.4 Å². The zero-order chi connectivity index (χ0) is 12.7. The molecule has 0 radical (unpaired) electrons. The highest BCUT2D eigenvalue weighted by Gasteiger charge is 2.06. The van der Waals surface area contributed by atoms with Crippen LogP contribution in [0.2, 0.25) is 5.02 Å². The van der Waals surface area contributed by atoms with E-state index in [9.17, 15) is 9.59 Å². The molecule has 0 aliphatic rings. The Morgan fingerprint density at radius 2 is 1.88 bits per heavy atom. The number of nitrogens with one attached hydrogen (secondary N) is 2. The van der Waals surface area contributed by atoms with Gasteiger partial charge in [-0.2, -0.15) is 0 Å². The van der Waals surface area contributed by atoms with Crippen molar-refractivity contribution in [1.82, 2.24) is 10.6 Å². The van der Waals surface area contributed by atoms with Crippen LogP contribution in [-0.2, 0) is 4.79 Å². The maximum Gasteiger partial charge on any atom is 0.251 e. The van der Waals surface area contributed by atoms with Crippen LogP contribution in [0.3, 0.4) is 0 Å². The van der Waals surface area contributed by atoms with Gasteiger partial charge in [-0.1, -0.05) is 17.5 Å². The van der Waals surface area contributed by atoms with Crippen LogP contribution in [0.15, 0.2) is 24.3 Å². The highest BCUT2D eigenvalue weighted by atomic mass is 35.5. The van der Waals surface area contributed by atoms with Crippen LogP contribution in [0.25, 0.3) is 0 Å². The van der Waals surface area contributed by atoms with Crippen molar-refractivity contribution in [3.8, 4) is 12.3 Å². The van der Waals surface area contributed by atoms with Gasteiger partial charge in [0.1, 0.15) is 0 Å². The quantitative estimate of drug-likeness (QED) is 0.778. The Kier molecular flexibility index (Phi) is 5.05. The minimum absolute atomic E-state index is 0.108. The third-order valence-electron chi connectivity index (χ3n) is 1.90. The van der Waals surface area contributed by atoms with E-state index in [4.69, 9.17) is 18.0 Å². The van der Waals surface area contributed by atoms with E-state index < -0.39 is 0 Å². The summed E-state index contributed by atoms with van der Waals surface area (Å²) in [4.78, 5) is 22.7. The van der Waals surface area contributed by atoms with E-state index >= 15 is 0 Å². The molecule has 0 heterocycles. The first-order valence-electron chi connectivity index (χ1n) is 4.87. The highest BCUT2D eigenvalue weighted by molar-refractivity contribution is 6.30. The molecule has 4 nitrogen and oxygen atoms in total. The Morgan fingerprint density at radius 1 is 1.24 bits per heavy atom. The lowest BCUT2D eigenvalue weighted by Crippen LogP contribution is -2.37. The molecule has 0 unspecified atom stereocenters. The molecule has 0 spiro atoms. The summed E-state index contributed by atoms with van der Waals surface area (Å²) in [6.07, 6.45) is 4.97. The van der Waals surface area contributed by atoms with Crippen LogP contribution in [-0.4, -0.2) is 24.9 Å². The van der Waals surface area contributed by atoms with E-state index in [0.29, 0.717) is 10.6 Å². The van der Waals surface area contributed by atoms with E-state index in [0.717, 1.165) is 0 Å². The topological polar surface area (TPSA) is 58.2 Å². The molecule has 0 saturated heterocycles. The van der Waals surface area contributed by atoms with Crippen molar-refractivity contribution in [1.29, 1.82) is 0 Å². The number of hydrogen-bond donors (Lipinski definition) is 2. The van der Waals surface area contributed by atoms with E-state index in [2.05, 4.69) is 16.6 Å². The Balaban J connectivity index is 2.42. The molecule has 17 heavy (non-hydrogen) atoms. The van der Waals surface area contributed by atoms with Crippen molar-refractivity contribution < 1.29 is 9.59 Å². The van der Waals surface area contributed by atoms with Crippen molar-refractivity contribution in [2.45, 2.75) is 0 Å². The van der Waals surface area contributed by atoms with Gasteiger partial charge >= 0.3 is 0 Å². The van der Waals surface area contributed by atoms with Crippen molar-refractivity contribution in [2.24, 2.45) is 0 Å². The molecule has 1 aromatic carbocycles. The summed E-state index contributed by atoms with van der Waals surface area (Å²) in [7, 11) is 0. The second kappa shape index (κ2) is 6.56. The van der Waals surface area contributed by atoms with E-state index in [-0.39, 0.29) is 24.9 Å². The fourth-order valence-corrected chi connectivity index (χ4v) is 1.20. The number of halogens is 1. The molecule has 0 bridgehead atoms. The second-order valence-electron chi connectivity index (χ2n) is 3.17. The first-order chi connectivity index (χ1) is 8.13. The van der Waals surface area contributed by atoms with Crippen molar-refractivity contribution in [2.75, 3.05) is 13.1 Å². The number of carbonyl (C=O) groups excluding carboxylic acids is 2. The SMILES string of the molecule is C#CCNC(=O)CNC(=O)c1ccc(Cl)cc1. The molecule has 2 amide bonds. The molecule has 0 saturated carbocycles. The van der Waals surface area contributed by atoms with Gasteiger partial charge in [-0.15, -0.1) is 6.42 Å². The lowest BCUT2D eigenvalue weighted by Gasteiger charge is -2.05. The largest absolute Gasteiger partial charge is 0.344 e. The van der Waals surface area contributed by atoms with E-state index in [1.54, 1.807) is 24.3 Å². The Hall–Kier alpha value is -1.99. The summed E-state index contributed by atoms with van der Waals surface area (Å²) in [5.74, 6) is 1.60. The molecule has 0 aliphatic carbocycles. The molecule has 88 valence electrons. The Labute approximate surface area is 104 Å². The number of amides is 2. The first kappa shape index (κ1) is 13.1.